The van der Waals surface area contributed by atoms with E-state index in [9.17, 15) is 0 Å². The average Bonchev–Trinajstić information content (AvgIpc) is 3.76. The van der Waals surface area contributed by atoms with E-state index in [1.807, 2.05) is 0 Å². The second-order valence-corrected chi connectivity index (χ2v) is 21.1. The third-order valence-corrected chi connectivity index (χ3v) is 16.1. The summed E-state index contributed by atoms with van der Waals surface area (Å²) < 4.78 is 0. The number of benzene rings is 4. The van der Waals surface area contributed by atoms with Gasteiger partial charge in [-0.25, -0.2) is 0 Å². The average molecular weight is 721 g/mol. The van der Waals surface area contributed by atoms with E-state index in [0.29, 0.717) is 0 Å². The highest BCUT2D eigenvalue weighted by molar-refractivity contribution is 7.09. The minimum absolute atomic E-state index is 1.13. The Morgan fingerprint density at radius 1 is 0.415 bits per heavy atom. The minimum atomic E-state index is -2.23. The summed E-state index contributed by atoms with van der Waals surface area (Å²) in [5, 5.41) is 3.54. The maximum Gasteiger partial charge on any atom is 0.113 e. The first-order valence-electron chi connectivity index (χ1n) is 21.8. The van der Waals surface area contributed by atoms with Gasteiger partial charge in [0.25, 0.3) is 0 Å². The number of hydrogen-bond donors (Lipinski definition) is 0. The molecule has 1 heteroatoms. The molecule has 0 saturated carbocycles. The maximum atomic E-state index is 2.75. The summed E-state index contributed by atoms with van der Waals surface area (Å²) in [5.41, 5.74) is 18.5. The number of aryl methyl sites for hydroxylation is 2. The van der Waals surface area contributed by atoms with E-state index >= 15 is 0 Å². The Morgan fingerprint density at radius 3 is 1.19 bits per heavy atom. The van der Waals surface area contributed by atoms with Crippen molar-refractivity contribution < 1.29 is 0 Å². The van der Waals surface area contributed by atoms with Crippen molar-refractivity contribution in [2.45, 2.75) is 156 Å². The Bertz CT molecular complexity index is 1730. The van der Waals surface area contributed by atoms with Crippen LogP contribution < -0.4 is 0 Å². The molecule has 0 radical (unpaired) electrons. The summed E-state index contributed by atoms with van der Waals surface area (Å²) in [6.45, 7) is 14.8. The Hall–Kier alpha value is -3.42. The Kier molecular flexibility index (Phi) is 13.9. The van der Waals surface area contributed by atoms with Crippen molar-refractivity contribution in [3.8, 4) is 22.3 Å². The molecule has 0 atom stereocenters. The van der Waals surface area contributed by atoms with Gasteiger partial charge in [-0.05, 0) is 130 Å². The molecule has 2 aliphatic rings. The molecule has 4 aromatic carbocycles. The van der Waals surface area contributed by atoms with Crippen LogP contribution in [0.4, 0.5) is 0 Å². The number of allylic oxidation sites excluding steroid dienone is 2. The van der Waals surface area contributed by atoms with Crippen molar-refractivity contribution in [1.82, 2.24) is 0 Å². The molecule has 4 aromatic rings. The fourth-order valence-electron chi connectivity index (χ4n) is 9.61. The SMILES string of the molecule is CCCCCCC1=C([Si](C)(C)C2=C(CCCCCC)Cc3cccc(-c4ccc(CCCC)cc4)c32)c2c(cccc2-c2ccc(CCCC)cc2)C1. The molecule has 0 saturated heterocycles. The molecule has 6 rings (SSSR count). The van der Waals surface area contributed by atoms with Gasteiger partial charge in [-0.3, -0.25) is 0 Å². The van der Waals surface area contributed by atoms with E-state index in [4.69, 9.17) is 0 Å². The normalized spacial score (nSPS) is 14.0. The Morgan fingerprint density at radius 2 is 0.811 bits per heavy atom. The smallest absolute Gasteiger partial charge is 0.0655 e. The lowest BCUT2D eigenvalue weighted by atomic mass is 9.95. The van der Waals surface area contributed by atoms with E-state index in [1.54, 1.807) is 43.8 Å². The minimum Gasteiger partial charge on any atom is -0.0655 e. The molecular weight excluding hydrogens is 653 g/mol. The van der Waals surface area contributed by atoms with Gasteiger partial charge in [0.15, 0.2) is 0 Å². The zero-order valence-corrected chi connectivity index (χ0v) is 35.3. The summed E-state index contributed by atoms with van der Waals surface area (Å²) in [4.78, 5) is 0. The molecular formula is C52H68Si. The van der Waals surface area contributed by atoms with Crippen LogP contribution in [0.3, 0.4) is 0 Å². The molecule has 0 nitrogen and oxygen atoms in total. The first-order chi connectivity index (χ1) is 25.9. The fourth-order valence-corrected chi connectivity index (χ4v) is 13.9. The second-order valence-electron chi connectivity index (χ2n) is 16.8. The van der Waals surface area contributed by atoms with Crippen molar-refractivity contribution >= 4 is 18.5 Å². The van der Waals surface area contributed by atoms with Crippen molar-refractivity contribution in [2.24, 2.45) is 0 Å². The van der Waals surface area contributed by atoms with E-state index in [-0.39, 0.29) is 0 Å². The maximum absolute atomic E-state index is 2.75. The van der Waals surface area contributed by atoms with Crippen LogP contribution in [0, 0.1) is 0 Å². The number of hydrogen-bond acceptors (Lipinski definition) is 0. The summed E-state index contributed by atoms with van der Waals surface area (Å²) in [6.07, 6.45) is 22.6. The molecule has 0 unspecified atom stereocenters. The highest BCUT2D eigenvalue weighted by Crippen LogP contribution is 2.54. The van der Waals surface area contributed by atoms with Crippen LogP contribution in [-0.2, 0) is 25.7 Å². The van der Waals surface area contributed by atoms with Crippen LogP contribution in [-0.4, -0.2) is 8.07 Å². The van der Waals surface area contributed by atoms with E-state index < -0.39 is 8.07 Å². The molecule has 0 spiro atoms. The van der Waals surface area contributed by atoms with Crippen LogP contribution in [0.1, 0.15) is 151 Å². The monoisotopic (exact) mass is 721 g/mol. The van der Waals surface area contributed by atoms with Crippen LogP contribution in [0.5, 0.6) is 0 Å². The standard InChI is InChI=1S/C52H68Si/c1-7-11-15-17-23-45-37-43-25-19-27-47(41-33-29-39(30-34-41)21-13-9-3)49(43)51(45)53(5,6)52-46(24-18-16-12-8-2)38-44-26-20-28-48(50(44)52)42-35-31-40(32-36-42)22-14-10-4/h19-20,25-36H,7-18,21-24,37-38H2,1-6H3. The lowest BCUT2D eigenvalue weighted by Crippen LogP contribution is -2.32. The summed E-state index contributed by atoms with van der Waals surface area (Å²) in [6, 6.07) is 33.8. The Labute approximate surface area is 325 Å². The quantitative estimate of drug-likeness (QED) is 0.0630. The van der Waals surface area contributed by atoms with Gasteiger partial charge in [0.05, 0.1) is 0 Å². The van der Waals surface area contributed by atoms with Gasteiger partial charge >= 0.3 is 0 Å². The van der Waals surface area contributed by atoms with Gasteiger partial charge in [0, 0.05) is 0 Å². The molecule has 2 aliphatic carbocycles. The topological polar surface area (TPSA) is 0 Å². The summed E-state index contributed by atoms with van der Waals surface area (Å²) >= 11 is 0. The highest BCUT2D eigenvalue weighted by atomic mass is 28.3. The first-order valence-corrected chi connectivity index (χ1v) is 24.8. The molecule has 0 amide bonds. The van der Waals surface area contributed by atoms with Gasteiger partial charge in [0.2, 0.25) is 0 Å². The molecule has 53 heavy (non-hydrogen) atoms. The van der Waals surface area contributed by atoms with Gasteiger partial charge in [0.1, 0.15) is 8.07 Å². The predicted molar refractivity (Wildman–Crippen MR) is 237 cm³/mol. The molecule has 0 N–H and O–H groups in total. The highest BCUT2D eigenvalue weighted by Gasteiger charge is 2.43. The number of rotatable bonds is 20. The molecule has 0 aliphatic heterocycles. The largest absolute Gasteiger partial charge is 0.113 e. The van der Waals surface area contributed by atoms with Gasteiger partial charge in [-0.1, -0.05) is 188 Å². The Balaban J connectivity index is 1.50. The van der Waals surface area contributed by atoms with Crippen LogP contribution in [0.15, 0.2) is 96.1 Å². The zero-order valence-electron chi connectivity index (χ0n) is 34.3. The van der Waals surface area contributed by atoms with Crippen LogP contribution >= 0.6 is 0 Å². The molecule has 0 aromatic heterocycles. The zero-order chi connectivity index (χ0) is 37.2. The number of fused-ring (bicyclic) bond motifs is 2. The van der Waals surface area contributed by atoms with Crippen molar-refractivity contribution in [2.75, 3.05) is 0 Å². The predicted octanol–water partition coefficient (Wildman–Crippen LogP) is 15.8. The van der Waals surface area contributed by atoms with Gasteiger partial charge in [-0.15, -0.1) is 0 Å². The number of unbranched alkanes of at least 4 members (excludes halogenated alkanes) is 8. The lowest BCUT2D eigenvalue weighted by Gasteiger charge is -2.33. The van der Waals surface area contributed by atoms with Crippen molar-refractivity contribution in [3.05, 3.63) is 129 Å². The van der Waals surface area contributed by atoms with Crippen LogP contribution in [0.25, 0.3) is 32.6 Å². The lowest BCUT2D eigenvalue weighted by molar-refractivity contribution is 0.661. The summed E-state index contributed by atoms with van der Waals surface area (Å²) in [5.74, 6) is 0. The molecule has 0 fully saturated rings. The molecule has 280 valence electrons. The fraction of sp³-hybridized carbons (Fsp3) is 0.462. The molecule has 0 bridgehead atoms. The van der Waals surface area contributed by atoms with Crippen molar-refractivity contribution in [3.63, 3.8) is 0 Å². The van der Waals surface area contributed by atoms with E-state index in [2.05, 4.69) is 126 Å². The third-order valence-electron chi connectivity index (χ3n) is 12.4. The first kappa shape index (κ1) is 39.3. The van der Waals surface area contributed by atoms with Gasteiger partial charge < -0.3 is 0 Å². The second kappa shape index (κ2) is 18.8. The summed E-state index contributed by atoms with van der Waals surface area (Å²) in [7, 11) is -2.23. The molecule has 0 heterocycles. The van der Waals surface area contributed by atoms with Crippen molar-refractivity contribution in [1.29, 1.82) is 0 Å². The van der Waals surface area contributed by atoms with Gasteiger partial charge in [-0.2, -0.15) is 0 Å². The van der Waals surface area contributed by atoms with Crippen LogP contribution in [0.2, 0.25) is 13.1 Å². The van der Waals surface area contributed by atoms with E-state index in [0.717, 1.165) is 12.8 Å². The van der Waals surface area contributed by atoms with E-state index in [1.165, 1.54) is 136 Å². The third kappa shape index (κ3) is 8.94.